The molecule has 2 N–H and O–H groups in total. The molecule has 1 aliphatic rings. The van der Waals surface area contributed by atoms with Gasteiger partial charge < -0.3 is 20.3 Å². The Morgan fingerprint density at radius 3 is 1.97 bits per heavy atom. The van der Waals surface area contributed by atoms with Gasteiger partial charge in [0.2, 0.25) is 0 Å². The van der Waals surface area contributed by atoms with E-state index in [0.717, 1.165) is 36.6 Å². The van der Waals surface area contributed by atoms with Crippen LogP contribution in [-0.4, -0.2) is 42.5 Å². The van der Waals surface area contributed by atoms with Gasteiger partial charge in [-0.3, -0.25) is 0 Å². The van der Waals surface area contributed by atoms with Crippen LogP contribution in [0.4, 0.5) is 35.2 Å². The molecule has 32 heavy (non-hydrogen) atoms. The van der Waals surface area contributed by atoms with Crippen molar-refractivity contribution in [1.29, 1.82) is 0 Å². The highest BCUT2D eigenvalue weighted by atomic mass is 19.4. The smallest absolute Gasteiger partial charge is 0.378 e. The maximum absolute atomic E-state index is 12.6. The third kappa shape index (κ3) is 5.33. The van der Waals surface area contributed by atoms with Crippen molar-refractivity contribution in [3.63, 3.8) is 0 Å². The summed E-state index contributed by atoms with van der Waals surface area (Å²) in [7, 11) is 0. The standard InChI is InChI=1S/C22H20F3N5O2/c23-22(24,25)16-3-7-18(8-4-16)27-21(31)26-17-5-1-15(2-6-17)19-9-10-20(29-28-19)30-11-13-32-14-12-30/h1-10H,11-14H2,(H2,26,27,31). The van der Waals surface area contributed by atoms with E-state index >= 15 is 0 Å². The van der Waals surface area contributed by atoms with E-state index in [1.807, 2.05) is 12.1 Å². The van der Waals surface area contributed by atoms with E-state index in [1.165, 1.54) is 12.1 Å². The molecule has 2 aromatic carbocycles. The Labute approximate surface area is 182 Å². The molecule has 1 aromatic heterocycles. The third-order valence-electron chi connectivity index (χ3n) is 4.89. The molecule has 3 aromatic rings. The number of carbonyl (C=O) groups excluding carboxylic acids is 1. The van der Waals surface area contributed by atoms with E-state index in [1.54, 1.807) is 24.3 Å². The van der Waals surface area contributed by atoms with Crippen molar-refractivity contribution in [1.82, 2.24) is 10.2 Å². The van der Waals surface area contributed by atoms with Gasteiger partial charge in [-0.2, -0.15) is 13.2 Å². The molecule has 1 fully saturated rings. The average Bonchev–Trinajstić information content (AvgIpc) is 2.80. The van der Waals surface area contributed by atoms with Crippen LogP contribution in [0.5, 0.6) is 0 Å². The van der Waals surface area contributed by atoms with Gasteiger partial charge in [-0.15, -0.1) is 10.2 Å². The number of alkyl halides is 3. The lowest BCUT2D eigenvalue weighted by Gasteiger charge is -2.27. The topological polar surface area (TPSA) is 79.4 Å². The number of hydrogen-bond donors (Lipinski definition) is 2. The van der Waals surface area contributed by atoms with E-state index in [4.69, 9.17) is 4.74 Å². The van der Waals surface area contributed by atoms with Gasteiger partial charge in [-0.25, -0.2) is 4.79 Å². The van der Waals surface area contributed by atoms with Gasteiger partial charge in [-0.1, -0.05) is 12.1 Å². The molecule has 2 amide bonds. The number of ether oxygens (including phenoxy) is 1. The Morgan fingerprint density at radius 1 is 0.844 bits per heavy atom. The fraction of sp³-hybridized carbons (Fsp3) is 0.227. The van der Waals surface area contributed by atoms with Crippen molar-refractivity contribution in [2.45, 2.75) is 6.18 Å². The molecule has 0 atom stereocenters. The number of rotatable bonds is 4. The van der Waals surface area contributed by atoms with Crippen molar-refractivity contribution in [2.24, 2.45) is 0 Å². The molecule has 2 heterocycles. The molecule has 0 bridgehead atoms. The number of benzene rings is 2. The van der Waals surface area contributed by atoms with Crippen LogP contribution in [0.1, 0.15) is 5.56 Å². The summed E-state index contributed by atoms with van der Waals surface area (Å²) >= 11 is 0. The van der Waals surface area contributed by atoms with Crippen LogP contribution in [0.3, 0.4) is 0 Å². The van der Waals surface area contributed by atoms with Gasteiger partial charge >= 0.3 is 12.2 Å². The molecule has 0 unspecified atom stereocenters. The minimum Gasteiger partial charge on any atom is -0.378 e. The molecule has 166 valence electrons. The fourth-order valence-corrected chi connectivity index (χ4v) is 3.20. The van der Waals surface area contributed by atoms with Crippen molar-refractivity contribution < 1.29 is 22.7 Å². The van der Waals surface area contributed by atoms with E-state index in [-0.39, 0.29) is 5.69 Å². The molecule has 0 spiro atoms. The zero-order valence-electron chi connectivity index (χ0n) is 16.9. The fourth-order valence-electron chi connectivity index (χ4n) is 3.20. The van der Waals surface area contributed by atoms with Gasteiger partial charge in [0.25, 0.3) is 0 Å². The summed E-state index contributed by atoms with van der Waals surface area (Å²) in [5.74, 6) is 0.801. The maximum Gasteiger partial charge on any atom is 0.416 e. The second-order valence-electron chi connectivity index (χ2n) is 7.11. The number of nitrogens with one attached hydrogen (secondary N) is 2. The van der Waals surface area contributed by atoms with Gasteiger partial charge in [-0.05, 0) is 48.5 Å². The Morgan fingerprint density at radius 2 is 1.44 bits per heavy atom. The summed E-state index contributed by atoms with van der Waals surface area (Å²) in [4.78, 5) is 14.2. The number of carbonyl (C=O) groups is 1. The zero-order chi connectivity index (χ0) is 22.6. The van der Waals surface area contributed by atoms with Gasteiger partial charge in [0, 0.05) is 30.0 Å². The highest BCUT2D eigenvalue weighted by molar-refractivity contribution is 5.99. The first-order valence-electron chi connectivity index (χ1n) is 9.91. The molecular formula is C22H20F3N5O2. The second-order valence-corrected chi connectivity index (χ2v) is 7.11. The first-order valence-corrected chi connectivity index (χ1v) is 9.91. The number of urea groups is 1. The van der Waals surface area contributed by atoms with E-state index < -0.39 is 17.8 Å². The zero-order valence-corrected chi connectivity index (χ0v) is 16.9. The monoisotopic (exact) mass is 443 g/mol. The lowest BCUT2D eigenvalue weighted by molar-refractivity contribution is -0.137. The molecule has 1 saturated heterocycles. The molecule has 4 rings (SSSR count). The molecule has 7 nitrogen and oxygen atoms in total. The number of aromatic nitrogens is 2. The van der Waals surface area contributed by atoms with Crippen molar-refractivity contribution in [2.75, 3.05) is 41.8 Å². The van der Waals surface area contributed by atoms with Crippen molar-refractivity contribution in [3.05, 3.63) is 66.2 Å². The minimum absolute atomic E-state index is 0.253. The highest BCUT2D eigenvalue weighted by Crippen LogP contribution is 2.30. The summed E-state index contributed by atoms with van der Waals surface area (Å²) in [5.41, 5.74) is 1.53. The lowest BCUT2D eigenvalue weighted by Crippen LogP contribution is -2.36. The second kappa shape index (κ2) is 9.23. The summed E-state index contributed by atoms with van der Waals surface area (Å²) in [6, 6.07) is 14.5. The maximum atomic E-state index is 12.6. The van der Waals surface area contributed by atoms with Gasteiger partial charge in [0.15, 0.2) is 5.82 Å². The predicted octanol–water partition coefficient (Wildman–Crippen LogP) is 4.64. The normalized spacial score (nSPS) is 14.2. The average molecular weight is 443 g/mol. The van der Waals surface area contributed by atoms with Crippen LogP contribution < -0.4 is 15.5 Å². The number of hydrogen-bond acceptors (Lipinski definition) is 5. The summed E-state index contributed by atoms with van der Waals surface area (Å²) in [6.07, 6.45) is -4.42. The minimum atomic E-state index is -4.42. The first kappa shape index (κ1) is 21.6. The molecular weight excluding hydrogens is 423 g/mol. The first-order chi connectivity index (χ1) is 15.4. The largest absolute Gasteiger partial charge is 0.416 e. The number of halogens is 3. The summed E-state index contributed by atoms with van der Waals surface area (Å²) < 4.78 is 43.2. The van der Waals surface area contributed by atoms with Crippen LogP contribution in [0.25, 0.3) is 11.3 Å². The highest BCUT2D eigenvalue weighted by Gasteiger charge is 2.30. The molecule has 0 aliphatic carbocycles. The molecule has 10 heteroatoms. The molecule has 0 saturated carbocycles. The van der Waals surface area contributed by atoms with Crippen LogP contribution in [0.15, 0.2) is 60.7 Å². The molecule has 1 aliphatic heterocycles. The lowest BCUT2D eigenvalue weighted by atomic mass is 10.1. The van der Waals surface area contributed by atoms with Crippen LogP contribution in [-0.2, 0) is 10.9 Å². The van der Waals surface area contributed by atoms with E-state index in [9.17, 15) is 18.0 Å². The van der Waals surface area contributed by atoms with Crippen LogP contribution in [0.2, 0.25) is 0 Å². The number of anilines is 3. The Balaban J connectivity index is 1.34. The number of amides is 2. The van der Waals surface area contributed by atoms with Crippen LogP contribution >= 0.6 is 0 Å². The van der Waals surface area contributed by atoms with E-state index in [0.29, 0.717) is 24.6 Å². The molecule has 0 radical (unpaired) electrons. The summed E-state index contributed by atoms with van der Waals surface area (Å²) in [6.45, 7) is 2.90. The van der Waals surface area contributed by atoms with E-state index in [2.05, 4.69) is 25.7 Å². The van der Waals surface area contributed by atoms with Gasteiger partial charge in [0.05, 0.1) is 24.5 Å². The summed E-state index contributed by atoms with van der Waals surface area (Å²) in [5, 5.41) is 13.7. The number of morpholine rings is 1. The quantitative estimate of drug-likeness (QED) is 0.614. The Bertz CT molecular complexity index is 1050. The third-order valence-corrected chi connectivity index (χ3v) is 4.89. The Kier molecular flexibility index (Phi) is 6.22. The predicted molar refractivity (Wildman–Crippen MR) is 115 cm³/mol. The Hall–Kier alpha value is -3.66. The van der Waals surface area contributed by atoms with Gasteiger partial charge in [0.1, 0.15) is 0 Å². The van der Waals surface area contributed by atoms with Crippen molar-refractivity contribution >= 4 is 23.2 Å². The SMILES string of the molecule is O=C(Nc1ccc(-c2ccc(N3CCOCC3)nn2)cc1)Nc1ccc(C(F)(F)F)cc1. The van der Waals surface area contributed by atoms with Crippen LogP contribution in [0, 0.1) is 0 Å². The number of nitrogens with zero attached hydrogens (tertiary/aromatic N) is 3. The van der Waals surface area contributed by atoms with Crippen molar-refractivity contribution in [3.8, 4) is 11.3 Å².